The van der Waals surface area contributed by atoms with Crippen LogP contribution in [0.3, 0.4) is 0 Å². The van der Waals surface area contributed by atoms with E-state index in [0.717, 1.165) is 34.5 Å². The molecule has 1 aliphatic rings. The molecular weight excluding hydrogens is 338 g/mol. The summed E-state index contributed by atoms with van der Waals surface area (Å²) in [5, 5.41) is 2.91. The lowest BCUT2D eigenvalue weighted by molar-refractivity contribution is -0.122. The maximum Gasteiger partial charge on any atom is 0.229 e. The summed E-state index contributed by atoms with van der Waals surface area (Å²) in [6.07, 6.45) is 0.0365. The van der Waals surface area contributed by atoms with E-state index in [9.17, 15) is 18.4 Å². The minimum Gasteiger partial charge on any atom is -0.325 e. The summed E-state index contributed by atoms with van der Waals surface area (Å²) < 4.78 is 26.5. The summed E-state index contributed by atoms with van der Waals surface area (Å²) >= 11 is 0. The summed E-state index contributed by atoms with van der Waals surface area (Å²) in [6.45, 7) is 5.96. The summed E-state index contributed by atoms with van der Waals surface area (Å²) in [6, 6.07) is 7.25. The number of carbonyl (C=O) groups excluding carboxylic acids is 2. The molecule has 2 aromatic rings. The average Bonchev–Trinajstić information content (AvgIpc) is 2.95. The first-order chi connectivity index (χ1) is 12.3. The van der Waals surface area contributed by atoms with Crippen LogP contribution in [0.25, 0.3) is 0 Å². The van der Waals surface area contributed by atoms with E-state index in [1.807, 2.05) is 32.9 Å². The normalized spacial score (nSPS) is 16.9. The Labute approximate surface area is 150 Å². The van der Waals surface area contributed by atoms with Gasteiger partial charge in [-0.15, -0.1) is 0 Å². The number of benzene rings is 2. The molecule has 0 saturated carbocycles. The third kappa shape index (κ3) is 3.45. The van der Waals surface area contributed by atoms with Crippen LogP contribution >= 0.6 is 0 Å². The lowest BCUT2D eigenvalue weighted by Crippen LogP contribution is -2.28. The van der Waals surface area contributed by atoms with Gasteiger partial charge in [0, 0.05) is 30.4 Å². The predicted molar refractivity (Wildman–Crippen MR) is 96.1 cm³/mol. The lowest BCUT2D eigenvalue weighted by Gasteiger charge is -2.18. The number of nitrogens with one attached hydrogen (secondary N) is 1. The Balaban J connectivity index is 1.76. The fourth-order valence-electron chi connectivity index (χ4n) is 3.39. The van der Waals surface area contributed by atoms with E-state index in [1.54, 1.807) is 0 Å². The Morgan fingerprint density at radius 3 is 2.35 bits per heavy atom. The van der Waals surface area contributed by atoms with Crippen LogP contribution in [0.4, 0.5) is 20.2 Å². The number of anilines is 2. The molecule has 1 atom stereocenters. The summed E-state index contributed by atoms with van der Waals surface area (Å²) in [7, 11) is 0. The van der Waals surface area contributed by atoms with Crippen molar-refractivity contribution >= 4 is 23.2 Å². The second kappa shape index (κ2) is 6.86. The molecule has 136 valence electrons. The van der Waals surface area contributed by atoms with Gasteiger partial charge in [-0.3, -0.25) is 9.59 Å². The topological polar surface area (TPSA) is 49.4 Å². The molecule has 0 bridgehead atoms. The Kier molecular flexibility index (Phi) is 4.76. The second-order valence-corrected chi connectivity index (χ2v) is 6.77. The Morgan fingerprint density at radius 2 is 1.73 bits per heavy atom. The highest BCUT2D eigenvalue weighted by Crippen LogP contribution is 2.28. The molecule has 1 fully saturated rings. The number of aryl methyl sites for hydroxylation is 3. The first kappa shape index (κ1) is 18.0. The zero-order valence-corrected chi connectivity index (χ0v) is 14.9. The van der Waals surface area contributed by atoms with Crippen molar-refractivity contribution in [3.05, 3.63) is 58.7 Å². The summed E-state index contributed by atoms with van der Waals surface area (Å²) in [4.78, 5) is 26.2. The number of carbonyl (C=O) groups is 2. The van der Waals surface area contributed by atoms with Crippen molar-refractivity contribution in [3.8, 4) is 0 Å². The second-order valence-electron chi connectivity index (χ2n) is 6.77. The highest BCUT2D eigenvalue weighted by molar-refractivity contribution is 6.04. The van der Waals surface area contributed by atoms with Gasteiger partial charge in [0.25, 0.3) is 0 Å². The van der Waals surface area contributed by atoms with E-state index in [4.69, 9.17) is 0 Å². The molecule has 2 aromatic carbocycles. The minimum absolute atomic E-state index is 0.0365. The third-order valence-electron chi connectivity index (χ3n) is 4.64. The molecule has 3 rings (SSSR count). The van der Waals surface area contributed by atoms with Gasteiger partial charge < -0.3 is 10.2 Å². The van der Waals surface area contributed by atoms with Crippen LogP contribution in [0.5, 0.6) is 0 Å². The van der Waals surface area contributed by atoms with Crippen molar-refractivity contribution in [2.24, 2.45) is 5.92 Å². The highest BCUT2D eigenvalue weighted by atomic mass is 19.2. The maximum absolute atomic E-state index is 13.4. The molecule has 1 N–H and O–H groups in total. The van der Waals surface area contributed by atoms with Crippen molar-refractivity contribution in [2.75, 3.05) is 16.8 Å². The molecule has 0 radical (unpaired) electrons. The first-order valence-electron chi connectivity index (χ1n) is 8.40. The van der Waals surface area contributed by atoms with Crippen molar-refractivity contribution < 1.29 is 18.4 Å². The summed E-state index contributed by atoms with van der Waals surface area (Å²) in [5.41, 5.74) is 4.03. The van der Waals surface area contributed by atoms with Crippen LogP contribution in [-0.2, 0) is 9.59 Å². The SMILES string of the molecule is Cc1cc(C)c(NC(=O)C2CC(=O)N(c3ccc(F)c(F)c3)C2)c(C)c1. The van der Waals surface area contributed by atoms with Crippen molar-refractivity contribution in [1.82, 2.24) is 0 Å². The van der Waals surface area contributed by atoms with Gasteiger partial charge in [0.15, 0.2) is 11.6 Å². The molecular formula is C20H20F2N2O2. The van der Waals surface area contributed by atoms with Crippen molar-refractivity contribution in [1.29, 1.82) is 0 Å². The molecule has 0 aromatic heterocycles. The zero-order valence-electron chi connectivity index (χ0n) is 14.9. The van der Waals surface area contributed by atoms with E-state index in [-0.39, 0.29) is 30.5 Å². The van der Waals surface area contributed by atoms with Gasteiger partial charge in [-0.05, 0) is 44.0 Å². The van der Waals surface area contributed by atoms with Crippen LogP contribution in [0, 0.1) is 38.3 Å². The van der Waals surface area contributed by atoms with Crippen LogP contribution in [0.1, 0.15) is 23.1 Å². The molecule has 1 unspecified atom stereocenters. The van der Waals surface area contributed by atoms with Gasteiger partial charge in [-0.2, -0.15) is 0 Å². The molecule has 1 aliphatic heterocycles. The molecule has 0 spiro atoms. The zero-order chi connectivity index (χ0) is 19.0. The van der Waals surface area contributed by atoms with Crippen LogP contribution < -0.4 is 10.2 Å². The van der Waals surface area contributed by atoms with E-state index in [2.05, 4.69) is 5.32 Å². The lowest BCUT2D eigenvalue weighted by atomic mass is 10.0. The number of hydrogen-bond acceptors (Lipinski definition) is 2. The highest BCUT2D eigenvalue weighted by Gasteiger charge is 2.35. The molecule has 4 nitrogen and oxygen atoms in total. The average molecular weight is 358 g/mol. The predicted octanol–water partition coefficient (Wildman–Crippen LogP) is 3.88. The molecule has 1 heterocycles. The number of halogens is 2. The standard InChI is InChI=1S/C20H20F2N2O2/c1-11-6-12(2)19(13(3)7-11)23-20(26)14-8-18(25)24(10-14)15-4-5-16(21)17(22)9-15/h4-7,9,14H,8,10H2,1-3H3,(H,23,26). The monoisotopic (exact) mass is 358 g/mol. The van der Waals surface area contributed by atoms with Gasteiger partial charge in [-0.25, -0.2) is 8.78 Å². The Bertz CT molecular complexity index is 872. The number of hydrogen-bond donors (Lipinski definition) is 1. The molecule has 2 amide bonds. The first-order valence-corrected chi connectivity index (χ1v) is 8.40. The Hall–Kier alpha value is -2.76. The van der Waals surface area contributed by atoms with Crippen molar-refractivity contribution in [2.45, 2.75) is 27.2 Å². The van der Waals surface area contributed by atoms with Gasteiger partial charge in [0.2, 0.25) is 11.8 Å². The largest absolute Gasteiger partial charge is 0.325 e. The fraction of sp³-hybridized carbons (Fsp3) is 0.300. The minimum atomic E-state index is -1.02. The van der Waals surface area contributed by atoms with Gasteiger partial charge >= 0.3 is 0 Å². The molecule has 0 aliphatic carbocycles. The quantitative estimate of drug-likeness (QED) is 0.905. The molecule has 26 heavy (non-hydrogen) atoms. The fourth-order valence-corrected chi connectivity index (χ4v) is 3.39. The third-order valence-corrected chi connectivity index (χ3v) is 4.64. The number of rotatable bonds is 3. The number of amides is 2. The van der Waals surface area contributed by atoms with E-state index in [0.29, 0.717) is 0 Å². The smallest absolute Gasteiger partial charge is 0.229 e. The van der Waals surface area contributed by atoms with Gasteiger partial charge in [0.1, 0.15) is 0 Å². The van der Waals surface area contributed by atoms with Gasteiger partial charge in [-0.1, -0.05) is 17.7 Å². The van der Waals surface area contributed by atoms with Gasteiger partial charge in [0.05, 0.1) is 5.92 Å². The molecule has 1 saturated heterocycles. The van der Waals surface area contributed by atoms with Crippen LogP contribution in [0.15, 0.2) is 30.3 Å². The number of nitrogens with zero attached hydrogens (tertiary/aromatic N) is 1. The van der Waals surface area contributed by atoms with Crippen LogP contribution in [-0.4, -0.2) is 18.4 Å². The van der Waals surface area contributed by atoms with Crippen LogP contribution in [0.2, 0.25) is 0 Å². The summed E-state index contributed by atoms with van der Waals surface area (Å²) in [5.74, 6) is -3.07. The van der Waals surface area contributed by atoms with E-state index in [1.165, 1.54) is 11.0 Å². The Morgan fingerprint density at radius 1 is 1.08 bits per heavy atom. The van der Waals surface area contributed by atoms with E-state index < -0.39 is 17.6 Å². The van der Waals surface area contributed by atoms with E-state index >= 15 is 0 Å². The van der Waals surface area contributed by atoms with Crippen molar-refractivity contribution in [3.63, 3.8) is 0 Å². The molecule has 6 heteroatoms. The maximum atomic E-state index is 13.4.